The van der Waals surface area contributed by atoms with E-state index >= 15 is 0 Å². The van der Waals surface area contributed by atoms with Gasteiger partial charge < -0.3 is 10.5 Å². The third-order valence-corrected chi connectivity index (χ3v) is 2.52. The molecule has 17 heavy (non-hydrogen) atoms. The van der Waals surface area contributed by atoms with Gasteiger partial charge in [-0.1, -0.05) is 23.7 Å². The molecule has 2 aromatic carbocycles. The highest BCUT2D eigenvalue weighted by Gasteiger charge is 2.03. The van der Waals surface area contributed by atoms with Crippen molar-refractivity contribution in [1.82, 2.24) is 0 Å². The van der Waals surface area contributed by atoms with E-state index in [1.54, 1.807) is 18.2 Å². The van der Waals surface area contributed by atoms with Crippen molar-refractivity contribution in [2.75, 3.05) is 5.73 Å². The van der Waals surface area contributed by atoms with Crippen molar-refractivity contribution in [3.63, 3.8) is 0 Å². The second-order valence-electron chi connectivity index (χ2n) is 3.61. The molecule has 0 aromatic heterocycles. The Morgan fingerprint density at radius 2 is 1.82 bits per heavy atom. The maximum atomic E-state index is 13.4. The van der Waals surface area contributed by atoms with E-state index in [1.807, 2.05) is 12.1 Å². The summed E-state index contributed by atoms with van der Waals surface area (Å²) in [5.74, 6) is -0.270. The number of hydrogen-bond acceptors (Lipinski definition) is 2. The van der Waals surface area contributed by atoms with Gasteiger partial charge in [-0.15, -0.1) is 0 Å². The Hall–Kier alpha value is -1.74. The number of rotatable bonds is 3. The molecule has 2 rings (SSSR count). The molecule has 0 saturated carbocycles. The molecule has 2 aromatic rings. The predicted octanol–water partition coefficient (Wildman–Crippen LogP) is 3.64. The van der Waals surface area contributed by atoms with Crippen molar-refractivity contribution in [1.29, 1.82) is 0 Å². The third-order valence-electron chi connectivity index (χ3n) is 2.26. The molecule has 0 atom stereocenters. The van der Waals surface area contributed by atoms with Crippen LogP contribution in [0.25, 0.3) is 0 Å². The molecule has 0 aliphatic heterocycles. The van der Waals surface area contributed by atoms with Gasteiger partial charge in [0.2, 0.25) is 0 Å². The van der Waals surface area contributed by atoms with Crippen molar-refractivity contribution >= 4 is 17.3 Å². The zero-order chi connectivity index (χ0) is 12.3. The van der Waals surface area contributed by atoms with Crippen LogP contribution in [-0.4, -0.2) is 0 Å². The lowest BCUT2D eigenvalue weighted by Gasteiger charge is -2.07. The van der Waals surface area contributed by atoms with Crippen LogP contribution in [0.2, 0.25) is 5.02 Å². The van der Waals surface area contributed by atoms with E-state index in [2.05, 4.69) is 0 Å². The summed E-state index contributed by atoms with van der Waals surface area (Å²) in [6.07, 6.45) is 0. The van der Waals surface area contributed by atoms with E-state index in [-0.39, 0.29) is 12.4 Å². The van der Waals surface area contributed by atoms with Gasteiger partial charge in [-0.25, -0.2) is 4.39 Å². The summed E-state index contributed by atoms with van der Waals surface area (Å²) >= 11 is 5.76. The smallest absolute Gasteiger partial charge is 0.167 e. The quantitative estimate of drug-likeness (QED) is 0.846. The fourth-order valence-corrected chi connectivity index (χ4v) is 1.50. The van der Waals surface area contributed by atoms with Gasteiger partial charge in [0.05, 0.1) is 0 Å². The summed E-state index contributed by atoms with van der Waals surface area (Å²) in [7, 11) is 0. The van der Waals surface area contributed by atoms with E-state index in [9.17, 15) is 4.39 Å². The van der Waals surface area contributed by atoms with Crippen LogP contribution in [0.1, 0.15) is 5.56 Å². The summed E-state index contributed by atoms with van der Waals surface area (Å²) in [4.78, 5) is 0. The van der Waals surface area contributed by atoms with E-state index in [4.69, 9.17) is 22.1 Å². The fraction of sp³-hybridized carbons (Fsp3) is 0.0769. The number of ether oxygens (including phenoxy) is 1. The van der Waals surface area contributed by atoms with Crippen LogP contribution < -0.4 is 10.5 Å². The van der Waals surface area contributed by atoms with Crippen LogP contribution in [0.5, 0.6) is 5.75 Å². The zero-order valence-electron chi connectivity index (χ0n) is 8.99. The summed E-state index contributed by atoms with van der Waals surface area (Å²) < 4.78 is 18.7. The van der Waals surface area contributed by atoms with E-state index in [1.165, 1.54) is 12.1 Å². The van der Waals surface area contributed by atoms with E-state index < -0.39 is 5.82 Å². The Balaban J connectivity index is 2.04. The fourth-order valence-electron chi connectivity index (χ4n) is 1.38. The first-order chi connectivity index (χ1) is 8.15. The number of nitrogen functional groups attached to an aromatic ring is 1. The Morgan fingerprint density at radius 1 is 1.12 bits per heavy atom. The average molecular weight is 252 g/mol. The van der Waals surface area contributed by atoms with Crippen molar-refractivity contribution < 1.29 is 9.13 Å². The number of anilines is 1. The van der Waals surface area contributed by atoms with Crippen LogP contribution in [0.4, 0.5) is 10.1 Å². The minimum Gasteiger partial charge on any atom is -0.486 e. The molecule has 2 nitrogen and oxygen atoms in total. The highest BCUT2D eigenvalue weighted by atomic mass is 35.5. The number of hydrogen-bond donors (Lipinski definition) is 1. The van der Waals surface area contributed by atoms with Crippen LogP contribution in [0.15, 0.2) is 42.5 Å². The number of benzene rings is 2. The Labute approximate surface area is 104 Å². The monoisotopic (exact) mass is 251 g/mol. The molecule has 0 spiro atoms. The molecule has 0 bridgehead atoms. The number of nitrogens with two attached hydrogens (primary N) is 1. The lowest BCUT2D eigenvalue weighted by atomic mass is 10.2. The maximum Gasteiger partial charge on any atom is 0.167 e. The summed E-state index contributed by atoms with van der Waals surface area (Å²) in [5.41, 5.74) is 6.74. The molecule has 0 fully saturated rings. The lowest BCUT2D eigenvalue weighted by Crippen LogP contribution is -1.98. The topological polar surface area (TPSA) is 35.2 Å². The molecule has 0 heterocycles. The molecular weight excluding hydrogens is 241 g/mol. The second kappa shape index (κ2) is 5.06. The standard InChI is InChI=1S/C13H11ClFNO/c14-10-3-1-9(2-4-10)8-17-13-6-5-11(16)7-12(13)15/h1-7H,8,16H2. The van der Waals surface area contributed by atoms with Gasteiger partial charge in [-0.3, -0.25) is 0 Å². The van der Waals surface area contributed by atoms with Crippen molar-refractivity contribution in [3.8, 4) is 5.75 Å². The summed E-state index contributed by atoms with van der Waals surface area (Å²) in [6.45, 7) is 0.290. The van der Waals surface area contributed by atoms with Crippen molar-refractivity contribution in [3.05, 3.63) is 58.9 Å². The van der Waals surface area contributed by atoms with Gasteiger partial charge in [0.25, 0.3) is 0 Å². The maximum absolute atomic E-state index is 13.4. The molecule has 0 radical (unpaired) electrons. The highest BCUT2D eigenvalue weighted by Crippen LogP contribution is 2.20. The molecular formula is C13H11ClFNO. The van der Waals surface area contributed by atoms with Gasteiger partial charge in [0, 0.05) is 16.8 Å². The van der Waals surface area contributed by atoms with Crippen LogP contribution in [0.3, 0.4) is 0 Å². The Kier molecular flexibility index (Phi) is 3.49. The molecule has 4 heteroatoms. The second-order valence-corrected chi connectivity index (χ2v) is 4.04. The first-order valence-electron chi connectivity index (χ1n) is 5.07. The lowest BCUT2D eigenvalue weighted by molar-refractivity contribution is 0.290. The highest BCUT2D eigenvalue weighted by molar-refractivity contribution is 6.30. The number of halogens is 2. The summed E-state index contributed by atoms with van der Waals surface area (Å²) in [5, 5.41) is 0.660. The predicted molar refractivity (Wildman–Crippen MR) is 66.6 cm³/mol. The van der Waals surface area contributed by atoms with Gasteiger partial charge >= 0.3 is 0 Å². The first-order valence-corrected chi connectivity index (χ1v) is 5.45. The van der Waals surface area contributed by atoms with Gasteiger partial charge in [0.15, 0.2) is 11.6 Å². The van der Waals surface area contributed by atoms with Gasteiger partial charge in [0.1, 0.15) is 6.61 Å². The van der Waals surface area contributed by atoms with Crippen LogP contribution in [0, 0.1) is 5.82 Å². The van der Waals surface area contributed by atoms with Crippen molar-refractivity contribution in [2.45, 2.75) is 6.61 Å². The third kappa shape index (κ3) is 3.11. The van der Waals surface area contributed by atoms with Crippen LogP contribution in [-0.2, 0) is 6.61 Å². The minimum absolute atomic E-state index is 0.189. The molecule has 0 aliphatic rings. The van der Waals surface area contributed by atoms with E-state index in [0.717, 1.165) is 5.56 Å². The molecule has 0 amide bonds. The first kappa shape index (κ1) is 11.7. The molecule has 2 N–H and O–H groups in total. The Bertz CT molecular complexity index is 513. The molecule has 0 saturated heterocycles. The average Bonchev–Trinajstić information content (AvgIpc) is 2.30. The van der Waals surface area contributed by atoms with Crippen LogP contribution >= 0.6 is 11.6 Å². The van der Waals surface area contributed by atoms with E-state index in [0.29, 0.717) is 10.7 Å². The molecule has 88 valence electrons. The molecule has 0 aliphatic carbocycles. The zero-order valence-corrected chi connectivity index (χ0v) is 9.75. The van der Waals surface area contributed by atoms with Crippen molar-refractivity contribution in [2.24, 2.45) is 0 Å². The normalized spacial score (nSPS) is 10.2. The Morgan fingerprint density at radius 3 is 2.47 bits per heavy atom. The minimum atomic E-state index is -0.459. The largest absolute Gasteiger partial charge is 0.486 e. The van der Waals surface area contributed by atoms with Gasteiger partial charge in [-0.05, 0) is 29.8 Å². The summed E-state index contributed by atoms with van der Waals surface area (Å²) in [6, 6.07) is 11.5. The molecule has 0 unspecified atom stereocenters. The SMILES string of the molecule is Nc1ccc(OCc2ccc(Cl)cc2)c(F)c1. The van der Waals surface area contributed by atoms with Gasteiger partial charge in [-0.2, -0.15) is 0 Å².